The van der Waals surface area contributed by atoms with Crippen molar-refractivity contribution in [2.24, 2.45) is 0 Å². The molecule has 2 heterocycles. The number of ether oxygens (including phenoxy) is 1. The summed E-state index contributed by atoms with van der Waals surface area (Å²) in [7, 11) is 0. The molecule has 0 amide bonds. The number of aromatic nitrogens is 1. The van der Waals surface area contributed by atoms with E-state index in [-0.39, 0.29) is 0 Å². The number of rotatable bonds is 1. The molecule has 0 unspecified atom stereocenters. The van der Waals surface area contributed by atoms with Gasteiger partial charge in [0.25, 0.3) is 0 Å². The fraction of sp³-hybridized carbons (Fsp3) is 0.176. The Morgan fingerprint density at radius 2 is 2.24 bits per heavy atom. The first kappa shape index (κ1) is 13.7. The first-order valence-electron chi connectivity index (χ1n) is 6.62. The van der Waals surface area contributed by atoms with Crippen LogP contribution in [0.2, 0.25) is 0 Å². The van der Waals surface area contributed by atoms with E-state index in [1.54, 1.807) is 6.20 Å². The van der Waals surface area contributed by atoms with Crippen molar-refractivity contribution in [3.63, 3.8) is 0 Å². The van der Waals surface area contributed by atoms with Gasteiger partial charge in [0.15, 0.2) is 0 Å². The highest BCUT2D eigenvalue weighted by molar-refractivity contribution is 6.17. The van der Waals surface area contributed by atoms with Crippen LogP contribution in [0.4, 0.5) is 0 Å². The molecule has 0 saturated heterocycles. The van der Waals surface area contributed by atoms with Crippen LogP contribution < -0.4 is 4.74 Å². The summed E-state index contributed by atoms with van der Waals surface area (Å²) < 4.78 is 5.88. The van der Waals surface area contributed by atoms with Gasteiger partial charge in [0.1, 0.15) is 12.4 Å². The average molecular weight is 297 g/mol. The first-order chi connectivity index (χ1) is 10.2. The zero-order valence-electron chi connectivity index (χ0n) is 11.6. The Morgan fingerprint density at radius 3 is 3.00 bits per heavy atom. The zero-order valence-corrected chi connectivity index (χ0v) is 12.3. The van der Waals surface area contributed by atoms with E-state index in [1.807, 2.05) is 37.3 Å². The van der Waals surface area contributed by atoms with Crippen LogP contribution in [0.25, 0.3) is 5.57 Å². The van der Waals surface area contributed by atoms with Crippen molar-refractivity contribution in [3.8, 4) is 11.8 Å². The van der Waals surface area contributed by atoms with Crippen LogP contribution in [0.3, 0.4) is 0 Å². The molecule has 1 aromatic heterocycles. The highest BCUT2D eigenvalue weighted by Crippen LogP contribution is 2.38. The number of nitriles is 1. The average Bonchev–Trinajstić information content (AvgIpc) is 2.70. The molecule has 2 aromatic rings. The van der Waals surface area contributed by atoms with Gasteiger partial charge in [0.05, 0.1) is 11.8 Å². The summed E-state index contributed by atoms with van der Waals surface area (Å²) in [5.41, 5.74) is 5.22. The van der Waals surface area contributed by atoms with Crippen molar-refractivity contribution in [2.75, 3.05) is 0 Å². The van der Waals surface area contributed by atoms with Crippen molar-refractivity contribution < 1.29 is 4.74 Å². The molecule has 0 saturated carbocycles. The van der Waals surface area contributed by atoms with Crippen molar-refractivity contribution in [1.82, 2.24) is 4.98 Å². The molecular formula is C17H13ClN2O. The second kappa shape index (κ2) is 5.59. The van der Waals surface area contributed by atoms with E-state index in [4.69, 9.17) is 16.3 Å². The monoisotopic (exact) mass is 296 g/mol. The SMILES string of the molecule is C/C(C#N)=C1/c2ccc(CCl)cc2OCc2ncccc21. The molecule has 0 N–H and O–H groups in total. The standard InChI is InChI=1S/C17H13ClN2O/c1-11(9-19)17-13-3-2-6-20-15(13)10-21-16-7-12(8-18)4-5-14(16)17/h2-7H,8,10H2,1H3/b17-11-. The molecule has 104 valence electrons. The van der Waals surface area contributed by atoms with Crippen LogP contribution in [0.5, 0.6) is 5.75 Å². The van der Waals surface area contributed by atoms with Gasteiger partial charge in [-0.1, -0.05) is 18.2 Å². The number of fused-ring (bicyclic) bond motifs is 2. The Bertz CT molecular complexity index is 775. The Balaban J connectivity index is 2.30. The third-order valence-electron chi connectivity index (χ3n) is 3.54. The molecule has 0 radical (unpaired) electrons. The Hall–Kier alpha value is -2.31. The van der Waals surface area contributed by atoms with Crippen LogP contribution >= 0.6 is 11.6 Å². The summed E-state index contributed by atoms with van der Waals surface area (Å²) in [5.74, 6) is 1.17. The van der Waals surface area contributed by atoms with Gasteiger partial charge in [-0.15, -0.1) is 11.6 Å². The molecule has 3 rings (SSSR count). The van der Waals surface area contributed by atoms with Crippen LogP contribution in [-0.2, 0) is 12.5 Å². The number of nitrogens with zero attached hydrogens (tertiary/aromatic N) is 2. The molecule has 0 aliphatic carbocycles. The van der Waals surface area contributed by atoms with Gasteiger partial charge >= 0.3 is 0 Å². The number of hydrogen-bond donors (Lipinski definition) is 0. The van der Waals surface area contributed by atoms with Crippen molar-refractivity contribution in [2.45, 2.75) is 19.4 Å². The number of hydrogen-bond acceptors (Lipinski definition) is 3. The molecule has 0 spiro atoms. The van der Waals surface area contributed by atoms with E-state index in [9.17, 15) is 5.26 Å². The predicted molar refractivity (Wildman–Crippen MR) is 81.9 cm³/mol. The van der Waals surface area contributed by atoms with Gasteiger partial charge in [-0.3, -0.25) is 4.98 Å². The summed E-state index contributed by atoms with van der Waals surface area (Å²) >= 11 is 5.89. The van der Waals surface area contributed by atoms with Crippen LogP contribution in [0.1, 0.15) is 29.3 Å². The maximum Gasteiger partial charge on any atom is 0.131 e. The van der Waals surface area contributed by atoms with E-state index in [0.29, 0.717) is 18.1 Å². The third kappa shape index (κ3) is 2.39. The Morgan fingerprint density at radius 1 is 1.38 bits per heavy atom. The van der Waals surface area contributed by atoms with Crippen LogP contribution in [0, 0.1) is 11.3 Å². The second-order valence-electron chi connectivity index (χ2n) is 4.86. The first-order valence-corrected chi connectivity index (χ1v) is 7.15. The van der Waals surface area contributed by atoms with E-state index in [2.05, 4.69) is 11.1 Å². The smallest absolute Gasteiger partial charge is 0.131 e. The summed E-state index contributed by atoms with van der Waals surface area (Å²) in [6, 6.07) is 12.0. The quantitative estimate of drug-likeness (QED) is 0.589. The number of benzene rings is 1. The fourth-order valence-electron chi connectivity index (χ4n) is 2.51. The summed E-state index contributed by atoms with van der Waals surface area (Å²) in [6.45, 7) is 2.20. The fourth-order valence-corrected chi connectivity index (χ4v) is 2.67. The molecule has 0 fully saturated rings. The summed E-state index contributed by atoms with van der Waals surface area (Å²) in [4.78, 5) is 4.38. The van der Waals surface area contributed by atoms with E-state index >= 15 is 0 Å². The maximum absolute atomic E-state index is 9.34. The minimum Gasteiger partial charge on any atom is -0.487 e. The van der Waals surface area contributed by atoms with Gasteiger partial charge in [-0.25, -0.2) is 0 Å². The molecular weight excluding hydrogens is 284 g/mol. The normalized spacial score (nSPS) is 15.1. The topological polar surface area (TPSA) is 45.9 Å². The van der Waals surface area contributed by atoms with Gasteiger partial charge in [0, 0.05) is 34.3 Å². The lowest BCUT2D eigenvalue weighted by Crippen LogP contribution is -1.98. The largest absolute Gasteiger partial charge is 0.487 e. The highest BCUT2D eigenvalue weighted by atomic mass is 35.5. The summed E-state index contributed by atoms with van der Waals surface area (Å²) in [5, 5.41) is 9.34. The third-order valence-corrected chi connectivity index (χ3v) is 3.84. The molecule has 4 heteroatoms. The van der Waals surface area contributed by atoms with E-state index in [1.165, 1.54) is 0 Å². The lowest BCUT2D eigenvalue weighted by atomic mass is 9.92. The zero-order chi connectivity index (χ0) is 14.8. The number of alkyl halides is 1. The number of allylic oxidation sites excluding steroid dienone is 1. The molecule has 1 aliphatic rings. The Labute approximate surface area is 128 Å². The van der Waals surface area contributed by atoms with Gasteiger partial charge in [-0.05, 0) is 24.6 Å². The number of halogens is 1. The maximum atomic E-state index is 9.34. The molecule has 1 aromatic carbocycles. The van der Waals surface area contributed by atoms with Crippen molar-refractivity contribution in [3.05, 3.63) is 64.5 Å². The lowest BCUT2D eigenvalue weighted by molar-refractivity contribution is 0.302. The number of pyridine rings is 1. The Kier molecular flexibility index (Phi) is 3.64. The molecule has 21 heavy (non-hydrogen) atoms. The highest BCUT2D eigenvalue weighted by Gasteiger charge is 2.22. The van der Waals surface area contributed by atoms with Crippen molar-refractivity contribution in [1.29, 1.82) is 5.26 Å². The van der Waals surface area contributed by atoms with E-state index < -0.39 is 0 Å². The molecule has 1 aliphatic heterocycles. The van der Waals surface area contributed by atoms with Gasteiger partial charge in [-0.2, -0.15) is 5.26 Å². The lowest BCUT2D eigenvalue weighted by Gasteiger charge is -2.11. The van der Waals surface area contributed by atoms with Crippen LogP contribution in [0.15, 0.2) is 42.1 Å². The van der Waals surface area contributed by atoms with E-state index in [0.717, 1.165) is 33.7 Å². The summed E-state index contributed by atoms with van der Waals surface area (Å²) in [6.07, 6.45) is 1.74. The minimum atomic E-state index is 0.386. The molecule has 0 bridgehead atoms. The molecule has 3 nitrogen and oxygen atoms in total. The van der Waals surface area contributed by atoms with Crippen molar-refractivity contribution >= 4 is 17.2 Å². The van der Waals surface area contributed by atoms with Gasteiger partial charge < -0.3 is 4.74 Å². The minimum absolute atomic E-state index is 0.386. The van der Waals surface area contributed by atoms with Gasteiger partial charge in [0.2, 0.25) is 0 Å². The second-order valence-corrected chi connectivity index (χ2v) is 5.13. The van der Waals surface area contributed by atoms with Crippen LogP contribution in [-0.4, -0.2) is 4.98 Å². The molecule has 0 atom stereocenters. The predicted octanol–water partition coefficient (Wildman–Crippen LogP) is 4.06.